The number of nitrogens with two attached hydrogens (primary N) is 1. The molecule has 0 bridgehead atoms. The Balaban J connectivity index is 5.42. The highest BCUT2D eigenvalue weighted by atomic mass is 16.4. The first kappa shape index (κ1) is 26.8. The zero-order valence-electron chi connectivity index (χ0n) is 18.1. The van der Waals surface area contributed by atoms with Gasteiger partial charge >= 0.3 is 5.97 Å². The summed E-state index contributed by atoms with van der Waals surface area (Å²) >= 11 is 0. The molecule has 0 rings (SSSR count). The van der Waals surface area contributed by atoms with Gasteiger partial charge in [-0.1, -0.05) is 34.1 Å². The topological polar surface area (TPSA) is 171 Å². The number of hydrogen-bond acceptors (Lipinski definition) is 6. The maximum atomic E-state index is 12.8. The van der Waals surface area contributed by atoms with Crippen LogP contribution in [0.1, 0.15) is 54.4 Å². The number of carbonyl (C=O) groups excluding carboxylic acids is 3. The minimum absolute atomic E-state index is 0.0525. The monoisotopic (exact) mass is 416 g/mol. The molecule has 7 N–H and O–H groups in total. The number of hydrogen-bond donors (Lipinski definition) is 6. The van der Waals surface area contributed by atoms with Crippen molar-refractivity contribution < 1.29 is 29.4 Å². The number of nitrogens with one attached hydrogen (secondary N) is 3. The lowest BCUT2D eigenvalue weighted by Crippen LogP contribution is -2.59. The van der Waals surface area contributed by atoms with Crippen molar-refractivity contribution in [1.29, 1.82) is 0 Å². The Hall–Kier alpha value is -2.20. The predicted molar refractivity (Wildman–Crippen MR) is 108 cm³/mol. The van der Waals surface area contributed by atoms with E-state index in [0.29, 0.717) is 12.8 Å². The second kappa shape index (κ2) is 12.4. The molecular weight excluding hydrogens is 380 g/mol. The van der Waals surface area contributed by atoms with Gasteiger partial charge in [-0.25, -0.2) is 0 Å². The van der Waals surface area contributed by atoms with E-state index in [-0.39, 0.29) is 11.8 Å². The van der Waals surface area contributed by atoms with E-state index in [9.17, 15) is 24.3 Å². The largest absolute Gasteiger partial charge is 0.480 e. The van der Waals surface area contributed by atoms with Crippen molar-refractivity contribution in [3.63, 3.8) is 0 Å². The average molecular weight is 417 g/mol. The van der Waals surface area contributed by atoms with Gasteiger partial charge in [0.2, 0.25) is 17.7 Å². The van der Waals surface area contributed by atoms with Crippen LogP contribution in [-0.2, 0) is 19.2 Å². The summed E-state index contributed by atoms with van der Waals surface area (Å²) in [6.45, 7) is 10.0. The molecule has 0 heterocycles. The van der Waals surface area contributed by atoms with Crippen molar-refractivity contribution in [1.82, 2.24) is 16.0 Å². The Kier molecular flexibility index (Phi) is 11.4. The summed E-state index contributed by atoms with van der Waals surface area (Å²) < 4.78 is 0. The second-order valence-electron chi connectivity index (χ2n) is 7.90. The van der Waals surface area contributed by atoms with Crippen LogP contribution in [0.4, 0.5) is 0 Å². The molecule has 0 aromatic heterocycles. The van der Waals surface area contributed by atoms with Crippen LogP contribution in [0.5, 0.6) is 0 Å². The molecule has 0 aliphatic heterocycles. The summed E-state index contributed by atoms with van der Waals surface area (Å²) in [5, 5.41) is 26.0. The second-order valence-corrected chi connectivity index (χ2v) is 7.90. The Morgan fingerprint density at radius 3 is 1.86 bits per heavy atom. The molecule has 10 heteroatoms. The summed E-state index contributed by atoms with van der Waals surface area (Å²) in [6.07, 6.45) is -0.229. The molecule has 6 unspecified atom stereocenters. The highest BCUT2D eigenvalue weighted by molar-refractivity contribution is 5.94. The average Bonchev–Trinajstić information content (AvgIpc) is 2.62. The quantitative estimate of drug-likeness (QED) is 0.245. The molecule has 10 nitrogen and oxygen atoms in total. The fourth-order valence-corrected chi connectivity index (χ4v) is 2.51. The van der Waals surface area contributed by atoms with E-state index >= 15 is 0 Å². The standard InChI is InChI=1S/C19H36N4O6/c1-7-10(4)15(18(27)21-11(5)19(28)29)23-16(25)13(8-9(2)3)22-17(26)14(20)12(6)24/h9-15,24H,7-8,20H2,1-6H3,(H,21,27)(H,22,26)(H,23,25)(H,28,29). The minimum Gasteiger partial charge on any atom is -0.480 e. The lowest BCUT2D eigenvalue weighted by molar-refractivity contribution is -0.142. The first-order valence-electron chi connectivity index (χ1n) is 9.89. The van der Waals surface area contributed by atoms with Crippen LogP contribution in [-0.4, -0.2) is 64.2 Å². The van der Waals surface area contributed by atoms with Gasteiger partial charge in [-0.15, -0.1) is 0 Å². The lowest BCUT2D eigenvalue weighted by atomic mass is 9.96. The van der Waals surface area contributed by atoms with Gasteiger partial charge in [0.1, 0.15) is 24.2 Å². The van der Waals surface area contributed by atoms with Gasteiger partial charge in [0.25, 0.3) is 0 Å². The zero-order valence-corrected chi connectivity index (χ0v) is 18.1. The normalized spacial score (nSPS) is 17.4. The molecule has 29 heavy (non-hydrogen) atoms. The van der Waals surface area contributed by atoms with Crippen molar-refractivity contribution in [2.24, 2.45) is 17.6 Å². The van der Waals surface area contributed by atoms with Crippen LogP contribution >= 0.6 is 0 Å². The number of amides is 3. The van der Waals surface area contributed by atoms with Gasteiger partial charge in [0, 0.05) is 0 Å². The van der Waals surface area contributed by atoms with Crippen molar-refractivity contribution in [3.8, 4) is 0 Å². The van der Waals surface area contributed by atoms with Crippen LogP contribution in [0.25, 0.3) is 0 Å². The Bertz CT molecular complexity index is 581. The van der Waals surface area contributed by atoms with Crippen LogP contribution in [0.2, 0.25) is 0 Å². The smallest absolute Gasteiger partial charge is 0.325 e. The minimum atomic E-state index is -1.19. The SMILES string of the molecule is CCC(C)C(NC(=O)C(CC(C)C)NC(=O)C(N)C(C)O)C(=O)NC(C)C(=O)O. The molecular formula is C19H36N4O6. The Morgan fingerprint density at radius 1 is 0.897 bits per heavy atom. The number of aliphatic hydroxyl groups is 1. The van der Waals surface area contributed by atoms with E-state index in [1.165, 1.54) is 13.8 Å². The van der Waals surface area contributed by atoms with Crippen LogP contribution in [0.3, 0.4) is 0 Å². The van der Waals surface area contributed by atoms with Crippen molar-refractivity contribution >= 4 is 23.7 Å². The van der Waals surface area contributed by atoms with E-state index in [1.807, 2.05) is 20.8 Å². The van der Waals surface area contributed by atoms with Gasteiger partial charge in [-0.2, -0.15) is 0 Å². The first-order chi connectivity index (χ1) is 13.3. The number of aliphatic carboxylic acids is 1. The molecule has 0 aliphatic carbocycles. The third-order valence-electron chi connectivity index (χ3n) is 4.68. The molecule has 3 amide bonds. The molecule has 0 fully saturated rings. The fraction of sp³-hybridized carbons (Fsp3) is 0.789. The zero-order chi connectivity index (χ0) is 22.9. The summed E-state index contributed by atoms with van der Waals surface area (Å²) in [5.74, 6) is -3.27. The number of carbonyl (C=O) groups is 4. The van der Waals surface area contributed by atoms with Gasteiger partial charge in [-0.3, -0.25) is 19.2 Å². The van der Waals surface area contributed by atoms with E-state index < -0.39 is 54.0 Å². The van der Waals surface area contributed by atoms with Gasteiger partial charge in [0.05, 0.1) is 6.10 Å². The third kappa shape index (κ3) is 9.23. The van der Waals surface area contributed by atoms with Gasteiger partial charge in [0.15, 0.2) is 0 Å². The predicted octanol–water partition coefficient (Wildman–Crippen LogP) is -0.654. The van der Waals surface area contributed by atoms with E-state index in [1.54, 1.807) is 6.92 Å². The Morgan fingerprint density at radius 2 is 1.45 bits per heavy atom. The van der Waals surface area contributed by atoms with Crippen molar-refractivity contribution in [2.45, 2.75) is 84.7 Å². The van der Waals surface area contributed by atoms with Crippen molar-refractivity contribution in [2.75, 3.05) is 0 Å². The molecule has 0 aromatic rings. The van der Waals surface area contributed by atoms with Crippen LogP contribution in [0.15, 0.2) is 0 Å². The molecule has 0 radical (unpaired) electrons. The maximum Gasteiger partial charge on any atom is 0.325 e. The molecule has 0 saturated carbocycles. The first-order valence-corrected chi connectivity index (χ1v) is 9.89. The summed E-state index contributed by atoms with van der Waals surface area (Å²) in [6, 6.07) is -4.22. The number of rotatable bonds is 12. The number of carboxylic acids is 1. The molecule has 0 aromatic carbocycles. The highest BCUT2D eigenvalue weighted by Crippen LogP contribution is 2.11. The van der Waals surface area contributed by atoms with Crippen LogP contribution in [0, 0.1) is 11.8 Å². The molecule has 168 valence electrons. The van der Waals surface area contributed by atoms with Gasteiger partial charge in [-0.05, 0) is 32.1 Å². The number of carboxylic acid groups (broad SMARTS) is 1. The third-order valence-corrected chi connectivity index (χ3v) is 4.68. The molecule has 0 spiro atoms. The van der Waals surface area contributed by atoms with Crippen molar-refractivity contribution in [3.05, 3.63) is 0 Å². The summed E-state index contributed by atoms with van der Waals surface area (Å²) in [4.78, 5) is 48.6. The molecule has 0 saturated heterocycles. The van der Waals surface area contributed by atoms with E-state index in [4.69, 9.17) is 10.8 Å². The fourth-order valence-electron chi connectivity index (χ4n) is 2.51. The summed E-state index contributed by atoms with van der Waals surface area (Å²) in [7, 11) is 0. The summed E-state index contributed by atoms with van der Waals surface area (Å²) in [5.41, 5.74) is 5.63. The van der Waals surface area contributed by atoms with E-state index in [2.05, 4.69) is 16.0 Å². The highest BCUT2D eigenvalue weighted by Gasteiger charge is 2.32. The van der Waals surface area contributed by atoms with E-state index in [0.717, 1.165) is 0 Å². The van der Waals surface area contributed by atoms with Gasteiger partial charge < -0.3 is 31.9 Å². The number of aliphatic hydroxyl groups excluding tert-OH is 1. The molecule has 0 aliphatic rings. The Labute approximate surface area is 172 Å². The maximum absolute atomic E-state index is 12.8. The van der Waals surface area contributed by atoms with Crippen LogP contribution < -0.4 is 21.7 Å². The lowest BCUT2D eigenvalue weighted by Gasteiger charge is -2.28. The molecule has 6 atom stereocenters.